The largest absolute Gasteiger partial charge is 0.281 e. The van der Waals surface area contributed by atoms with E-state index < -0.39 is 0 Å². The van der Waals surface area contributed by atoms with Gasteiger partial charge in [0.25, 0.3) is 0 Å². The van der Waals surface area contributed by atoms with E-state index in [0.29, 0.717) is 19.3 Å². The Hall–Kier alpha value is -0.110. The van der Waals surface area contributed by atoms with E-state index in [2.05, 4.69) is 0 Å². The highest BCUT2D eigenvalue weighted by molar-refractivity contribution is 6.63. The quantitative estimate of drug-likeness (QED) is 0.436. The maximum atomic E-state index is 11.4. The Morgan fingerprint density at radius 1 is 1.33 bits per heavy atom. The second-order valence-electron chi connectivity index (χ2n) is 1.85. The van der Waals surface area contributed by atoms with Gasteiger partial charge in [0.1, 0.15) is 0 Å². The Bertz CT molecular complexity index is 85.1. The van der Waals surface area contributed by atoms with Crippen LogP contribution in [0.5, 0.6) is 0 Å². The van der Waals surface area contributed by atoms with E-state index in [1.54, 1.807) is 0 Å². The molecule has 0 aromatic carbocycles. The van der Waals surface area contributed by atoms with Gasteiger partial charge in [-0.05, 0) is 24.4 Å². The number of hydrogen-bond donors (Lipinski definition) is 0. The van der Waals surface area contributed by atoms with E-state index in [1.165, 1.54) is 0 Å². The summed E-state index contributed by atoms with van der Waals surface area (Å²) in [5, 5.41) is -0.325. The molecule has 0 spiro atoms. The molecule has 0 saturated heterocycles. The lowest BCUT2D eigenvalue weighted by Crippen LogP contribution is -1.86. The van der Waals surface area contributed by atoms with Crippen LogP contribution in [-0.4, -0.2) is 11.9 Å². The van der Waals surface area contributed by atoms with Crippen molar-refractivity contribution in [3.63, 3.8) is 0 Å². The molecular formula is C6H10ClFO. The van der Waals surface area contributed by atoms with Gasteiger partial charge in [-0.1, -0.05) is 6.42 Å². The number of rotatable bonds is 5. The maximum Gasteiger partial charge on any atom is 0.221 e. The molecule has 0 rings (SSSR count). The highest BCUT2D eigenvalue weighted by atomic mass is 35.5. The van der Waals surface area contributed by atoms with Gasteiger partial charge < -0.3 is 0 Å². The third kappa shape index (κ3) is 7.89. The molecule has 9 heavy (non-hydrogen) atoms. The zero-order chi connectivity index (χ0) is 7.11. The van der Waals surface area contributed by atoms with Crippen molar-refractivity contribution in [2.75, 3.05) is 6.67 Å². The van der Waals surface area contributed by atoms with Crippen LogP contribution in [0, 0.1) is 0 Å². The summed E-state index contributed by atoms with van der Waals surface area (Å²) in [6.07, 6.45) is 2.40. The summed E-state index contributed by atoms with van der Waals surface area (Å²) in [7, 11) is 0. The second-order valence-corrected chi connectivity index (χ2v) is 2.28. The first-order chi connectivity index (χ1) is 4.27. The monoisotopic (exact) mass is 152 g/mol. The fourth-order valence-electron chi connectivity index (χ4n) is 0.535. The summed E-state index contributed by atoms with van der Waals surface area (Å²) in [6, 6.07) is 0. The van der Waals surface area contributed by atoms with Crippen molar-refractivity contribution >= 4 is 16.8 Å². The smallest absolute Gasteiger partial charge is 0.221 e. The molecule has 0 saturated carbocycles. The van der Waals surface area contributed by atoms with E-state index in [0.717, 1.165) is 6.42 Å². The van der Waals surface area contributed by atoms with Crippen LogP contribution in [0.1, 0.15) is 25.7 Å². The summed E-state index contributed by atoms with van der Waals surface area (Å²) >= 11 is 5.02. The van der Waals surface area contributed by atoms with Crippen molar-refractivity contribution in [1.29, 1.82) is 0 Å². The molecule has 0 heterocycles. The minimum atomic E-state index is -0.325. The molecule has 0 aromatic heterocycles. The minimum Gasteiger partial charge on any atom is -0.281 e. The summed E-state index contributed by atoms with van der Waals surface area (Å²) in [4.78, 5) is 10.1. The molecule has 0 aliphatic rings. The minimum absolute atomic E-state index is 0.295. The Kier molecular flexibility index (Phi) is 5.94. The molecule has 1 nitrogen and oxygen atoms in total. The molecule has 0 N–H and O–H groups in total. The first-order valence-electron chi connectivity index (χ1n) is 3.01. The van der Waals surface area contributed by atoms with Crippen molar-refractivity contribution in [2.45, 2.75) is 25.7 Å². The molecule has 54 valence electrons. The van der Waals surface area contributed by atoms with E-state index in [-0.39, 0.29) is 11.9 Å². The zero-order valence-corrected chi connectivity index (χ0v) is 5.96. The van der Waals surface area contributed by atoms with Crippen molar-refractivity contribution in [1.82, 2.24) is 0 Å². The first-order valence-corrected chi connectivity index (χ1v) is 3.39. The standard InChI is InChI=1S/C6H10ClFO/c7-6(9)4-2-1-3-5-8/h1-5H2. The molecule has 0 unspecified atom stereocenters. The van der Waals surface area contributed by atoms with Crippen LogP contribution < -0.4 is 0 Å². The van der Waals surface area contributed by atoms with Crippen LogP contribution >= 0.6 is 11.6 Å². The lowest BCUT2D eigenvalue weighted by molar-refractivity contribution is -0.111. The molecule has 0 radical (unpaired) electrons. The van der Waals surface area contributed by atoms with Crippen molar-refractivity contribution in [3.05, 3.63) is 0 Å². The SMILES string of the molecule is O=C(Cl)CCCCCF. The number of carbonyl (C=O) groups is 1. The molecule has 0 aromatic rings. The van der Waals surface area contributed by atoms with Crippen LogP contribution in [0.4, 0.5) is 4.39 Å². The zero-order valence-electron chi connectivity index (χ0n) is 5.20. The van der Waals surface area contributed by atoms with Crippen LogP contribution in [0.15, 0.2) is 0 Å². The van der Waals surface area contributed by atoms with E-state index in [1.807, 2.05) is 0 Å². The van der Waals surface area contributed by atoms with Gasteiger partial charge >= 0.3 is 0 Å². The predicted octanol–water partition coefficient (Wildman–Crippen LogP) is 2.28. The fraction of sp³-hybridized carbons (Fsp3) is 0.833. The number of alkyl halides is 1. The lowest BCUT2D eigenvalue weighted by atomic mass is 10.2. The summed E-state index contributed by atoms with van der Waals surface area (Å²) in [5.74, 6) is 0. The van der Waals surface area contributed by atoms with Gasteiger partial charge in [0.2, 0.25) is 5.24 Å². The van der Waals surface area contributed by atoms with Crippen LogP contribution in [-0.2, 0) is 4.79 Å². The molecule has 3 heteroatoms. The average Bonchev–Trinajstić information content (AvgIpc) is 1.80. The van der Waals surface area contributed by atoms with Gasteiger partial charge in [-0.25, -0.2) is 0 Å². The van der Waals surface area contributed by atoms with Gasteiger partial charge in [0, 0.05) is 6.42 Å². The normalized spacial score (nSPS) is 9.56. The fourth-order valence-corrected chi connectivity index (χ4v) is 0.669. The topological polar surface area (TPSA) is 17.1 Å². The molecule has 0 bridgehead atoms. The van der Waals surface area contributed by atoms with Crippen molar-refractivity contribution in [3.8, 4) is 0 Å². The Balaban J connectivity index is 2.83. The lowest BCUT2D eigenvalue weighted by Gasteiger charge is -1.91. The predicted molar refractivity (Wildman–Crippen MR) is 35.3 cm³/mol. The average molecular weight is 153 g/mol. The van der Waals surface area contributed by atoms with Gasteiger partial charge in [-0.2, -0.15) is 0 Å². The van der Waals surface area contributed by atoms with Gasteiger partial charge in [-0.3, -0.25) is 9.18 Å². The molecular weight excluding hydrogens is 143 g/mol. The maximum absolute atomic E-state index is 11.4. The van der Waals surface area contributed by atoms with E-state index >= 15 is 0 Å². The van der Waals surface area contributed by atoms with E-state index in [4.69, 9.17) is 11.6 Å². The Labute approximate surface area is 59.2 Å². The van der Waals surface area contributed by atoms with Crippen molar-refractivity contribution < 1.29 is 9.18 Å². The van der Waals surface area contributed by atoms with E-state index in [9.17, 15) is 9.18 Å². The van der Waals surface area contributed by atoms with Crippen LogP contribution in [0.2, 0.25) is 0 Å². The third-order valence-electron chi connectivity index (χ3n) is 1.01. The second kappa shape index (κ2) is 6.02. The molecule has 0 amide bonds. The van der Waals surface area contributed by atoms with Crippen molar-refractivity contribution in [2.24, 2.45) is 0 Å². The van der Waals surface area contributed by atoms with Gasteiger partial charge in [0.05, 0.1) is 6.67 Å². The Morgan fingerprint density at radius 2 is 2.00 bits per heavy atom. The number of hydrogen-bond acceptors (Lipinski definition) is 1. The highest BCUT2D eigenvalue weighted by Gasteiger charge is 1.94. The molecule has 0 aliphatic heterocycles. The highest BCUT2D eigenvalue weighted by Crippen LogP contribution is 2.01. The molecule has 0 aliphatic carbocycles. The summed E-state index contributed by atoms with van der Waals surface area (Å²) in [6.45, 7) is -0.295. The van der Waals surface area contributed by atoms with Gasteiger partial charge in [-0.15, -0.1) is 0 Å². The summed E-state index contributed by atoms with van der Waals surface area (Å²) in [5.41, 5.74) is 0. The molecule has 0 fully saturated rings. The number of halogens is 2. The Morgan fingerprint density at radius 3 is 2.44 bits per heavy atom. The van der Waals surface area contributed by atoms with Crippen LogP contribution in [0.3, 0.4) is 0 Å². The molecule has 0 atom stereocenters. The third-order valence-corrected chi connectivity index (χ3v) is 1.20. The first kappa shape index (κ1) is 8.89. The van der Waals surface area contributed by atoms with Gasteiger partial charge in [0.15, 0.2) is 0 Å². The number of carbonyl (C=O) groups excluding carboxylic acids is 1. The summed E-state index contributed by atoms with van der Waals surface area (Å²) < 4.78 is 11.4. The van der Waals surface area contributed by atoms with Crippen LogP contribution in [0.25, 0.3) is 0 Å². The number of unbranched alkanes of at least 4 members (excludes halogenated alkanes) is 2.